The lowest BCUT2D eigenvalue weighted by Gasteiger charge is -2.34. The summed E-state index contributed by atoms with van der Waals surface area (Å²) in [6, 6.07) is 0. The number of thioether (sulfide) groups is 1. The lowest BCUT2D eigenvalue weighted by Crippen LogP contribution is -2.47. The van der Waals surface area contributed by atoms with E-state index in [0.29, 0.717) is 24.7 Å². The highest BCUT2D eigenvalue weighted by Gasteiger charge is 2.25. The highest BCUT2D eigenvalue weighted by atomic mass is 32.2. The lowest BCUT2D eigenvalue weighted by atomic mass is 9.93. The number of carbonyl (C=O) groups excluding carboxylic acids is 2. The summed E-state index contributed by atoms with van der Waals surface area (Å²) in [4.78, 5) is 30.8. The van der Waals surface area contributed by atoms with Crippen molar-refractivity contribution in [3.8, 4) is 0 Å². The quantitative estimate of drug-likeness (QED) is 0.735. The Bertz CT molecular complexity index is 397. The molecule has 0 unspecified atom stereocenters. The summed E-state index contributed by atoms with van der Waals surface area (Å²) in [5, 5.41) is 0. The number of amides is 2. The molecule has 2 fully saturated rings. The van der Waals surface area contributed by atoms with Crippen LogP contribution in [0.1, 0.15) is 32.1 Å². The summed E-state index contributed by atoms with van der Waals surface area (Å²) in [6.45, 7) is 5.43. The van der Waals surface area contributed by atoms with Crippen molar-refractivity contribution in [3.05, 3.63) is 0 Å². The van der Waals surface area contributed by atoms with Crippen LogP contribution in [0.25, 0.3) is 0 Å². The molecule has 6 heteroatoms. The van der Waals surface area contributed by atoms with Crippen LogP contribution in [0.2, 0.25) is 0 Å². The van der Waals surface area contributed by atoms with Crippen molar-refractivity contribution >= 4 is 23.6 Å². The number of nitrogens with zero attached hydrogens (tertiary/aromatic N) is 3. The standard InChI is InChI=1S/C17H31N3O2S/c1-18-9-11-19(12-10-18)16(21)6-5-15-4-3-8-20(14-15)17(22)7-13-23-2/h15H,3-14H2,1-2H3/t15-/m1/s1. The first kappa shape index (κ1) is 18.6. The van der Waals surface area contributed by atoms with E-state index >= 15 is 0 Å². The third kappa shape index (κ3) is 5.99. The highest BCUT2D eigenvalue weighted by molar-refractivity contribution is 7.98. The molecule has 132 valence electrons. The minimum Gasteiger partial charge on any atom is -0.342 e. The first-order valence-corrected chi connectivity index (χ1v) is 10.2. The van der Waals surface area contributed by atoms with Gasteiger partial charge < -0.3 is 14.7 Å². The van der Waals surface area contributed by atoms with Crippen LogP contribution in [0.15, 0.2) is 0 Å². The zero-order chi connectivity index (χ0) is 16.7. The number of piperazine rings is 1. The zero-order valence-electron chi connectivity index (χ0n) is 14.6. The van der Waals surface area contributed by atoms with Gasteiger partial charge in [-0.15, -0.1) is 0 Å². The SMILES string of the molecule is CSCCC(=O)N1CCC[C@H](CCC(=O)N2CCN(C)CC2)C1. The van der Waals surface area contributed by atoms with Crippen molar-refractivity contribution in [1.29, 1.82) is 0 Å². The first-order chi connectivity index (χ1) is 11.1. The predicted octanol–water partition coefficient (Wildman–Crippen LogP) is 1.53. The minimum atomic E-state index is 0.287. The predicted molar refractivity (Wildman–Crippen MR) is 95.6 cm³/mol. The highest BCUT2D eigenvalue weighted by Crippen LogP contribution is 2.22. The molecule has 0 aliphatic carbocycles. The topological polar surface area (TPSA) is 43.9 Å². The van der Waals surface area contributed by atoms with Gasteiger partial charge in [0, 0.05) is 57.9 Å². The molecule has 1 atom stereocenters. The maximum absolute atomic E-state index is 12.3. The zero-order valence-corrected chi connectivity index (χ0v) is 15.4. The maximum atomic E-state index is 12.3. The smallest absolute Gasteiger partial charge is 0.223 e. The van der Waals surface area contributed by atoms with Gasteiger partial charge in [-0.25, -0.2) is 0 Å². The van der Waals surface area contributed by atoms with Gasteiger partial charge in [-0.2, -0.15) is 11.8 Å². The number of carbonyl (C=O) groups is 2. The molecule has 2 aliphatic rings. The summed E-state index contributed by atoms with van der Waals surface area (Å²) < 4.78 is 0. The Morgan fingerprint density at radius 1 is 1.00 bits per heavy atom. The molecule has 0 saturated carbocycles. The Morgan fingerprint density at radius 2 is 1.70 bits per heavy atom. The normalized spacial score (nSPS) is 23.1. The van der Waals surface area contributed by atoms with E-state index in [1.54, 1.807) is 11.8 Å². The molecule has 2 rings (SSSR count). The van der Waals surface area contributed by atoms with Crippen molar-refractivity contribution in [2.45, 2.75) is 32.1 Å². The molecular weight excluding hydrogens is 310 g/mol. The van der Waals surface area contributed by atoms with E-state index in [9.17, 15) is 9.59 Å². The van der Waals surface area contributed by atoms with Crippen LogP contribution in [0.5, 0.6) is 0 Å². The Labute approximate surface area is 144 Å². The first-order valence-electron chi connectivity index (χ1n) is 8.83. The Balaban J connectivity index is 1.70. The summed E-state index contributed by atoms with van der Waals surface area (Å²) in [5.41, 5.74) is 0. The molecule has 2 heterocycles. The molecule has 0 aromatic carbocycles. The van der Waals surface area contributed by atoms with Crippen LogP contribution in [-0.2, 0) is 9.59 Å². The second-order valence-electron chi connectivity index (χ2n) is 6.81. The van der Waals surface area contributed by atoms with Crippen LogP contribution >= 0.6 is 11.8 Å². The van der Waals surface area contributed by atoms with Crippen LogP contribution < -0.4 is 0 Å². The molecule has 2 amide bonds. The van der Waals surface area contributed by atoms with Crippen molar-refractivity contribution in [3.63, 3.8) is 0 Å². The second kappa shape index (κ2) is 9.52. The number of piperidine rings is 1. The van der Waals surface area contributed by atoms with Crippen LogP contribution in [0.4, 0.5) is 0 Å². The number of hydrogen-bond donors (Lipinski definition) is 0. The van der Waals surface area contributed by atoms with Crippen LogP contribution in [-0.4, -0.2) is 84.8 Å². The fraction of sp³-hybridized carbons (Fsp3) is 0.882. The van der Waals surface area contributed by atoms with Gasteiger partial charge in [0.1, 0.15) is 0 Å². The van der Waals surface area contributed by atoms with E-state index in [0.717, 1.165) is 64.3 Å². The van der Waals surface area contributed by atoms with Gasteiger partial charge in [-0.3, -0.25) is 9.59 Å². The molecule has 0 bridgehead atoms. The van der Waals surface area contributed by atoms with Gasteiger partial charge in [0.25, 0.3) is 0 Å². The maximum Gasteiger partial charge on any atom is 0.223 e. The summed E-state index contributed by atoms with van der Waals surface area (Å²) in [7, 11) is 2.10. The van der Waals surface area contributed by atoms with E-state index in [1.165, 1.54) is 0 Å². The Hall–Kier alpha value is -0.750. The van der Waals surface area contributed by atoms with Gasteiger partial charge in [0.15, 0.2) is 0 Å². The molecular formula is C17H31N3O2S. The fourth-order valence-electron chi connectivity index (χ4n) is 3.42. The molecule has 5 nitrogen and oxygen atoms in total. The molecule has 0 radical (unpaired) electrons. The molecule has 0 aromatic heterocycles. The molecule has 0 spiro atoms. The third-order valence-electron chi connectivity index (χ3n) is 5.01. The minimum absolute atomic E-state index is 0.287. The molecule has 23 heavy (non-hydrogen) atoms. The molecule has 0 N–H and O–H groups in total. The van der Waals surface area contributed by atoms with Gasteiger partial charge in [-0.05, 0) is 38.5 Å². The van der Waals surface area contributed by atoms with Crippen molar-refractivity contribution < 1.29 is 9.59 Å². The largest absolute Gasteiger partial charge is 0.342 e. The monoisotopic (exact) mass is 341 g/mol. The number of likely N-dealkylation sites (tertiary alicyclic amines) is 1. The number of likely N-dealkylation sites (N-methyl/N-ethyl adjacent to an activating group) is 1. The summed E-state index contributed by atoms with van der Waals surface area (Å²) >= 11 is 1.72. The molecule has 2 aliphatic heterocycles. The van der Waals surface area contributed by atoms with E-state index in [1.807, 2.05) is 16.1 Å². The van der Waals surface area contributed by atoms with Crippen LogP contribution in [0, 0.1) is 5.92 Å². The van der Waals surface area contributed by atoms with Crippen molar-refractivity contribution in [1.82, 2.24) is 14.7 Å². The Morgan fingerprint density at radius 3 is 2.39 bits per heavy atom. The fourth-order valence-corrected chi connectivity index (χ4v) is 3.80. The number of rotatable bonds is 6. The number of hydrogen-bond acceptors (Lipinski definition) is 4. The van der Waals surface area contributed by atoms with Crippen LogP contribution in [0.3, 0.4) is 0 Å². The second-order valence-corrected chi connectivity index (χ2v) is 7.80. The van der Waals surface area contributed by atoms with E-state index in [-0.39, 0.29) is 5.91 Å². The molecule has 2 saturated heterocycles. The van der Waals surface area contributed by atoms with Gasteiger partial charge >= 0.3 is 0 Å². The van der Waals surface area contributed by atoms with Gasteiger partial charge in [0.05, 0.1) is 0 Å². The molecule has 0 aromatic rings. The summed E-state index contributed by atoms with van der Waals surface area (Å²) in [6.07, 6.45) is 6.49. The lowest BCUT2D eigenvalue weighted by molar-refractivity contribution is -0.133. The van der Waals surface area contributed by atoms with Crippen molar-refractivity contribution in [2.75, 3.05) is 58.3 Å². The third-order valence-corrected chi connectivity index (χ3v) is 5.63. The average molecular weight is 342 g/mol. The summed E-state index contributed by atoms with van der Waals surface area (Å²) in [5.74, 6) is 1.98. The van der Waals surface area contributed by atoms with Crippen molar-refractivity contribution in [2.24, 2.45) is 5.92 Å². The van der Waals surface area contributed by atoms with E-state index in [4.69, 9.17) is 0 Å². The Kier molecular flexibility index (Phi) is 7.70. The van der Waals surface area contributed by atoms with Gasteiger partial charge in [0.2, 0.25) is 11.8 Å². The van der Waals surface area contributed by atoms with Gasteiger partial charge in [-0.1, -0.05) is 0 Å². The average Bonchev–Trinajstić information content (AvgIpc) is 2.58. The van der Waals surface area contributed by atoms with E-state index < -0.39 is 0 Å². The van der Waals surface area contributed by atoms with E-state index in [2.05, 4.69) is 11.9 Å².